The van der Waals surface area contributed by atoms with E-state index in [2.05, 4.69) is 26.0 Å². The van der Waals surface area contributed by atoms with Crippen LogP contribution in [0.25, 0.3) is 0 Å². The number of rotatable bonds is 9. The molecule has 0 bridgehead atoms. The second-order valence-electron chi connectivity index (χ2n) is 10.9. The predicted octanol–water partition coefficient (Wildman–Crippen LogP) is 9.34. The highest BCUT2D eigenvalue weighted by molar-refractivity contribution is 4.97. The number of hydrogen-bond acceptors (Lipinski definition) is 0. The minimum Gasteiger partial charge on any atom is -0.0851 e. The molecule has 162 valence electrons. The number of unbranched alkanes of at least 4 members (excludes halogenated alkanes) is 2. The van der Waals surface area contributed by atoms with E-state index < -0.39 is 0 Å². The van der Waals surface area contributed by atoms with Crippen molar-refractivity contribution in [3.8, 4) is 0 Å². The lowest BCUT2D eigenvalue weighted by Crippen LogP contribution is -2.25. The van der Waals surface area contributed by atoms with Crippen LogP contribution in [0.15, 0.2) is 12.2 Å². The first-order chi connectivity index (χ1) is 13.8. The van der Waals surface area contributed by atoms with Crippen LogP contribution in [0.3, 0.4) is 0 Å². The summed E-state index contributed by atoms with van der Waals surface area (Å²) in [5.41, 5.74) is 0. The van der Waals surface area contributed by atoms with Crippen LogP contribution in [0.1, 0.15) is 129 Å². The standard InChI is InChI=1S/C28H50/c1-3-5-7-23-9-11-25(12-10-23)13-14-26-17-21-28(22-18-26)27-19-15-24(16-20-27)8-6-4-2/h13-14,23-28H,3-12,15-22H2,1-2H3/b14-13+. The van der Waals surface area contributed by atoms with E-state index in [1.165, 1.54) is 89.9 Å². The molecule has 0 unspecified atom stereocenters. The Bertz CT molecular complexity index is 411. The average molecular weight is 387 g/mol. The maximum absolute atomic E-state index is 2.66. The fraction of sp³-hybridized carbons (Fsp3) is 0.929. The molecule has 0 aromatic rings. The third kappa shape index (κ3) is 7.21. The summed E-state index contributed by atoms with van der Waals surface area (Å²) in [4.78, 5) is 0. The van der Waals surface area contributed by atoms with Crippen molar-refractivity contribution in [2.45, 2.75) is 129 Å². The molecule has 3 aliphatic carbocycles. The van der Waals surface area contributed by atoms with Crippen LogP contribution in [0.2, 0.25) is 0 Å². The van der Waals surface area contributed by atoms with Crippen molar-refractivity contribution in [2.75, 3.05) is 0 Å². The van der Waals surface area contributed by atoms with Gasteiger partial charge in [0.2, 0.25) is 0 Å². The first kappa shape index (κ1) is 22.4. The van der Waals surface area contributed by atoms with Gasteiger partial charge in [-0.2, -0.15) is 0 Å². The summed E-state index contributed by atoms with van der Waals surface area (Å²) < 4.78 is 0. The Hall–Kier alpha value is -0.260. The topological polar surface area (TPSA) is 0 Å². The van der Waals surface area contributed by atoms with Crippen molar-refractivity contribution in [3.63, 3.8) is 0 Å². The summed E-state index contributed by atoms with van der Waals surface area (Å²) in [6.07, 6.45) is 32.2. The van der Waals surface area contributed by atoms with Gasteiger partial charge in [-0.05, 0) is 99.7 Å². The maximum Gasteiger partial charge on any atom is -0.0233 e. The second kappa shape index (κ2) is 12.4. The molecule has 3 aliphatic rings. The van der Waals surface area contributed by atoms with E-state index >= 15 is 0 Å². The molecule has 0 heterocycles. The first-order valence-electron chi connectivity index (χ1n) is 13.5. The minimum absolute atomic E-state index is 0.911. The van der Waals surface area contributed by atoms with Crippen molar-refractivity contribution >= 4 is 0 Å². The van der Waals surface area contributed by atoms with E-state index in [0.717, 1.165) is 35.5 Å². The molecule has 28 heavy (non-hydrogen) atoms. The molecule has 3 fully saturated rings. The molecular weight excluding hydrogens is 336 g/mol. The fourth-order valence-corrected chi connectivity index (χ4v) is 6.73. The highest BCUT2D eigenvalue weighted by Gasteiger charge is 2.30. The van der Waals surface area contributed by atoms with Crippen molar-refractivity contribution in [3.05, 3.63) is 12.2 Å². The maximum atomic E-state index is 2.66. The van der Waals surface area contributed by atoms with Crippen molar-refractivity contribution < 1.29 is 0 Å². The Labute approximate surface area is 177 Å². The summed E-state index contributed by atoms with van der Waals surface area (Å²) in [5.74, 6) is 6.11. The van der Waals surface area contributed by atoms with E-state index in [4.69, 9.17) is 0 Å². The third-order valence-corrected chi connectivity index (χ3v) is 8.85. The van der Waals surface area contributed by atoms with Gasteiger partial charge in [-0.3, -0.25) is 0 Å². The van der Waals surface area contributed by atoms with Gasteiger partial charge in [0, 0.05) is 0 Å². The molecule has 0 atom stereocenters. The van der Waals surface area contributed by atoms with E-state index in [0.29, 0.717) is 0 Å². The monoisotopic (exact) mass is 386 g/mol. The van der Waals surface area contributed by atoms with Gasteiger partial charge in [-0.15, -0.1) is 0 Å². The van der Waals surface area contributed by atoms with E-state index in [1.54, 1.807) is 25.7 Å². The van der Waals surface area contributed by atoms with Crippen LogP contribution in [0.5, 0.6) is 0 Å². The molecule has 0 radical (unpaired) electrons. The zero-order valence-electron chi connectivity index (χ0n) is 19.3. The molecule has 0 N–H and O–H groups in total. The molecule has 0 aliphatic heterocycles. The largest absolute Gasteiger partial charge is 0.0851 e. The lowest BCUT2D eigenvalue weighted by atomic mass is 9.68. The van der Waals surface area contributed by atoms with E-state index in [1.807, 2.05) is 0 Å². The molecule has 0 amide bonds. The van der Waals surface area contributed by atoms with Crippen LogP contribution < -0.4 is 0 Å². The molecule has 0 aromatic carbocycles. The average Bonchev–Trinajstić information content (AvgIpc) is 2.76. The SMILES string of the molecule is CCCCC1CCC(/C=C/C2CCC(C3CCC(CCCC)CC3)CC2)CC1. The quantitative estimate of drug-likeness (QED) is 0.346. The molecule has 3 saturated carbocycles. The van der Waals surface area contributed by atoms with Gasteiger partial charge in [0.05, 0.1) is 0 Å². The van der Waals surface area contributed by atoms with Gasteiger partial charge in [-0.1, -0.05) is 77.4 Å². The normalized spacial score (nSPS) is 37.4. The summed E-state index contributed by atoms with van der Waals surface area (Å²) in [6, 6.07) is 0. The van der Waals surface area contributed by atoms with Crippen LogP contribution in [0, 0.1) is 35.5 Å². The van der Waals surface area contributed by atoms with Gasteiger partial charge >= 0.3 is 0 Å². The molecular formula is C28H50. The van der Waals surface area contributed by atoms with Gasteiger partial charge in [0.15, 0.2) is 0 Å². The molecule has 0 aromatic heterocycles. The van der Waals surface area contributed by atoms with Crippen molar-refractivity contribution in [2.24, 2.45) is 35.5 Å². The molecule has 0 nitrogen and oxygen atoms in total. The first-order valence-corrected chi connectivity index (χ1v) is 13.5. The Balaban J connectivity index is 1.30. The van der Waals surface area contributed by atoms with Gasteiger partial charge in [-0.25, -0.2) is 0 Å². The van der Waals surface area contributed by atoms with Crippen LogP contribution in [0.4, 0.5) is 0 Å². The van der Waals surface area contributed by atoms with Crippen LogP contribution in [-0.2, 0) is 0 Å². The van der Waals surface area contributed by atoms with Gasteiger partial charge in [0.25, 0.3) is 0 Å². The number of allylic oxidation sites excluding steroid dienone is 2. The predicted molar refractivity (Wildman–Crippen MR) is 125 cm³/mol. The Kier molecular flexibility index (Phi) is 9.96. The Morgan fingerprint density at radius 2 is 0.857 bits per heavy atom. The van der Waals surface area contributed by atoms with E-state index in [9.17, 15) is 0 Å². The van der Waals surface area contributed by atoms with Gasteiger partial charge in [0.1, 0.15) is 0 Å². The second-order valence-corrected chi connectivity index (χ2v) is 10.9. The van der Waals surface area contributed by atoms with Crippen molar-refractivity contribution in [1.82, 2.24) is 0 Å². The zero-order chi connectivity index (χ0) is 19.6. The molecule has 0 spiro atoms. The summed E-state index contributed by atoms with van der Waals surface area (Å²) in [7, 11) is 0. The Morgan fingerprint density at radius 1 is 0.500 bits per heavy atom. The minimum atomic E-state index is 0.911. The highest BCUT2D eigenvalue weighted by Crippen LogP contribution is 2.43. The number of hydrogen-bond donors (Lipinski definition) is 0. The summed E-state index contributed by atoms with van der Waals surface area (Å²) in [5, 5.41) is 0. The lowest BCUT2D eigenvalue weighted by molar-refractivity contribution is 0.151. The van der Waals surface area contributed by atoms with Crippen LogP contribution >= 0.6 is 0 Å². The van der Waals surface area contributed by atoms with Crippen LogP contribution in [-0.4, -0.2) is 0 Å². The summed E-state index contributed by atoms with van der Waals surface area (Å²) in [6.45, 7) is 4.68. The fourth-order valence-electron chi connectivity index (χ4n) is 6.73. The molecule has 3 rings (SSSR count). The highest BCUT2D eigenvalue weighted by atomic mass is 14.4. The van der Waals surface area contributed by atoms with Crippen molar-refractivity contribution in [1.29, 1.82) is 0 Å². The third-order valence-electron chi connectivity index (χ3n) is 8.85. The smallest absolute Gasteiger partial charge is 0.0233 e. The Morgan fingerprint density at radius 3 is 1.29 bits per heavy atom. The molecule has 0 heteroatoms. The zero-order valence-corrected chi connectivity index (χ0v) is 19.3. The molecule has 0 saturated heterocycles. The van der Waals surface area contributed by atoms with Gasteiger partial charge < -0.3 is 0 Å². The summed E-state index contributed by atoms with van der Waals surface area (Å²) >= 11 is 0. The lowest BCUT2D eigenvalue weighted by Gasteiger charge is -2.37. The van der Waals surface area contributed by atoms with E-state index in [-0.39, 0.29) is 0 Å².